The van der Waals surface area contributed by atoms with Crippen LogP contribution in [-0.2, 0) is 0 Å². The van der Waals surface area contributed by atoms with Gasteiger partial charge in [-0.05, 0) is 49.9 Å². The van der Waals surface area contributed by atoms with Crippen molar-refractivity contribution < 1.29 is 4.74 Å². The van der Waals surface area contributed by atoms with Gasteiger partial charge >= 0.3 is 0 Å². The largest absolute Gasteiger partial charge is 0.494 e. The molecule has 0 spiro atoms. The molecular formula is C16H27NO. The summed E-state index contributed by atoms with van der Waals surface area (Å²) in [6, 6.07) is 10.0. The molecule has 0 aliphatic rings. The summed E-state index contributed by atoms with van der Waals surface area (Å²) in [4.78, 5) is 0. The van der Waals surface area contributed by atoms with Gasteiger partial charge < -0.3 is 10.1 Å². The topological polar surface area (TPSA) is 21.3 Å². The van der Waals surface area contributed by atoms with Gasteiger partial charge in [0, 0.05) is 0 Å². The Morgan fingerprint density at radius 3 is 2.44 bits per heavy atom. The maximum absolute atomic E-state index is 5.68. The fraction of sp³-hybridized carbons (Fsp3) is 0.625. The smallest absolute Gasteiger partial charge is 0.119 e. The van der Waals surface area contributed by atoms with E-state index in [4.69, 9.17) is 4.74 Å². The number of ether oxygens (including phenoxy) is 1. The lowest BCUT2D eigenvalue weighted by Crippen LogP contribution is -2.25. The van der Waals surface area contributed by atoms with Gasteiger partial charge in [-0.15, -0.1) is 0 Å². The van der Waals surface area contributed by atoms with Crippen molar-refractivity contribution in [2.24, 2.45) is 11.8 Å². The van der Waals surface area contributed by atoms with E-state index in [1.54, 1.807) is 0 Å². The first-order valence-corrected chi connectivity index (χ1v) is 7.07. The fourth-order valence-electron chi connectivity index (χ4n) is 1.86. The van der Waals surface area contributed by atoms with Gasteiger partial charge in [-0.1, -0.05) is 39.0 Å². The van der Waals surface area contributed by atoms with E-state index in [2.05, 4.69) is 26.1 Å². The molecule has 1 aromatic carbocycles. The average Bonchev–Trinajstić information content (AvgIpc) is 2.35. The van der Waals surface area contributed by atoms with Crippen LogP contribution in [0, 0.1) is 11.8 Å². The van der Waals surface area contributed by atoms with Crippen molar-refractivity contribution in [2.75, 3.05) is 19.7 Å². The van der Waals surface area contributed by atoms with Crippen molar-refractivity contribution in [2.45, 2.75) is 33.6 Å². The van der Waals surface area contributed by atoms with E-state index in [0.717, 1.165) is 43.7 Å². The van der Waals surface area contributed by atoms with Crippen molar-refractivity contribution in [3.8, 4) is 5.75 Å². The SMILES string of the molecule is CC(C)CNCC(C)CCCOc1ccccc1. The van der Waals surface area contributed by atoms with E-state index in [-0.39, 0.29) is 0 Å². The van der Waals surface area contributed by atoms with Crippen LogP contribution in [-0.4, -0.2) is 19.7 Å². The molecule has 0 aliphatic heterocycles. The third-order valence-corrected chi connectivity index (χ3v) is 2.90. The van der Waals surface area contributed by atoms with E-state index in [9.17, 15) is 0 Å². The average molecular weight is 249 g/mol. The Balaban J connectivity index is 2.00. The van der Waals surface area contributed by atoms with E-state index in [1.807, 2.05) is 30.3 Å². The standard InChI is InChI=1S/C16H27NO/c1-14(2)12-17-13-15(3)8-7-11-18-16-9-5-4-6-10-16/h4-6,9-10,14-15,17H,7-8,11-13H2,1-3H3. The zero-order chi connectivity index (χ0) is 13.2. The molecule has 0 bridgehead atoms. The molecule has 102 valence electrons. The maximum atomic E-state index is 5.68. The summed E-state index contributed by atoms with van der Waals surface area (Å²) >= 11 is 0. The minimum atomic E-state index is 0.725. The highest BCUT2D eigenvalue weighted by Crippen LogP contribution is 2.10. The second-order valence-electron chi connectivity index (χ2n) is 5.46. The van der Waals surface area contributed by atoms with Gasteiger partial charge in [0.25, 0.3) is 0 Å². The summed E-state index contributed by atoms with van der Waals surface area (Å²) in [6.07, 6.45) is 2.34. The molecule has 2 heteroatoms. The summed E-state index contributed by atoms with van der Waals surface area (Å²) in [5.74, 6) is 2.44. The quantitative estimate of drug-likeness (QED) is 0.673. The fourth-order valence-corrected chi connectivity index (χ4v) is 1.86. The van der Waals surface area contributed by atoms with Crippen molar-refractivity contribution >= 4 is 0 Å². The Labute approximate surface area is 112 Å². The second kappa shape index (κ2) is 8.98. The third kappa shape index (κ3) is 7.33. The van der Waals surface area contributed by atoms with Crippen LogP contribution in [0.5, 0.6) is 5.75 Å². The number of para-hydroxylation sites is 1. The Hall–Kier alpha value is -1.02. The predicted octanol–water partition coefficient (Wildman–Crippen LogP) is 3.73. The number of hydrogen-bond donors (Lipinski definition) is 1. The van der Waals surface area contributed by atoms with Crippen LogP contribution in [0.1, 0.15) is 33.6 Å². The molecule has 0 saturated carbocycles. The minimum absolute atomic E-state index is 0.725. The van der Waals surface area contributed by atoms with Gasteiger partial charge in [-0.25, -0.2) is 0 Å². The molecule has 0 saturated heterocycles. The number of benzene rings is 1. The molecule has 0 aromatic heterocycles. The lowest BCUT2D eigenvalue weighted by Gasteiger charge is -2.14. The lowest BCUT2D eigenvalue weighted by atomic mass is 10.1. The second-order valence-corrected chi connectivity index (χ2v) is 5.46. The molecule has 1 unspecified atom stereocenters. The van der Waals surface area contributed by atoms with Crippen LogP contribution in [0.25, 0.3) is 0 Å². The Bertz CT molecular complexity index is 297. The van der Waals surface area contributed by atoms with Gasteiger partial charge in [-0.2, -0.15) is 0 Å². The van der Waals surface area contributed by atoms with Crippen molar-refractivity contribution in [1.82, 2.24) is 5.32 Å². The highest BCUT2D eigenvalue weighted by molar-refractivity contribution is 5.20. The van der Waals surface area contributed by atoms with E-state index < -0.39 is 0 Å². The van der Waals surface area contributed by atoms with E-state index in [1.165, 1.54) is 6.42 Å². The lowest BCUT2D eigenvalue weighted by molar-refractivity contribution is 0.293. The predicted molar refractivity (Wildman–Crippen MR) is 78.0 cm³/mol. The molecule has 1 rings (SSSR count). The molecule has 0 heterocycles. The summed E-state index contributed by atoms with van der Waals surface area (Å²) in [7, 11) is 0. The molecule has 0 amide bonds. The number of rotatable bonds is 9. The van der Waals surface area contributed by atoms with Crippen molar-refractivity contribution in [3.05, 3.63) is 30.3 Å². The first kappa shape index (κ1) is 15.0. The summed E-state index contributed by atoms with van der Waals surface area (Å²) in [6.45, 7) is 9.83. The van der Waals surface area contributed by atoms with Crippen molar-refractivity contribution in [3.63, 3.8) is 0 Å². The van der Waals surface area contributed by atoms with Crippen LogP contribution < -0.4 is 10.1 Å². The molecule has 2 nitrogen and oxygen atoms in total. The molecule has 0 radical (unpaired) electrons. The summed E-state index contributed by atoms with van der Waals surface area (Å²) < 4.78 is 5.68. The third-order valence-electron chi connectivity index (χ3n) is 2.90. The van der Waals surface area contributed by atoms with Gasteiger partial charge in [-0.3, -0.25) is 0 Å². The molecule has 0 fully saturated rings. The van der Waals surface area contributed by atoms with E-state index >= 15 is 0 Å². The first-order valence-electron chi connectivity index (χ1n) is 7.07. The van der Waals surface area contributed by atoms with Crippen LogP contribution in [0.15, 0.2) is 30.3 Å². The maximum Gasteiger partial charge on any atom is 0.119 e. The van der Waals surface area contributed by atoms with Gasteiger partial charge in [0.1, 0.15) is 5.75 Å². The Kier molecular flexibility index (Phi) is 7.51. The van der Waals surface area contributed by atoms with E-state index in [0.29, 0.717) is 0 Å². The summed E-state index contributed by atoms with van der Waals surface area (Å²) in [5, 5.41) is 3.50. The number of nitrogens with one attached hydrogen (secondary N) is 1. The highest BCUT2D eigenvalue weighted by Gasteiger charge is 2.02. The minimum Gasteiger partial charge on any atom is -0.494 e. The van der Waals surface area contributed by atoms with Crippen molar-refractivity contribution in [1.29, 1.82) is 0 Å². The van der Waals surface area contributed by atoms with Crippen LogP contribution in [0.3, 0.4) is 0 Å². The Morgan fingerprint density at radius 2 is 1.78 bits per heavy atom. The molecular weight excluding hydrogens is 222 g/mol. The molecule has 1 aromatic rings. The zero-order valence-electron chi connectivity index (χ0n) is 12.0. The molecule has 1 atom stereocenters. The highest BCUT2D eigenvalue weighted by atomic mass is 16.5. The van der Waals surface area contributed by atoms with Crippen LogP contribution >= 0.6 is 0 Å². The molecule has 18 heavy (non-hydrogen) atoms. The molecule has 1 N–H and O–H groups in total. The first-order chi connectivity index (χ1) is 8.68. The summed E-state index contributed by atoms with van der Waals surface area (Å²) in [5.41, 5.74) is 0. The van der Waals surface area contributed by atoms with Gasteiger partial charge in [0.2, 0.25) is 0 Å². The van der Waals surface area contributed by atoms with Gasteiger partial charge in [0.05, 0.1) is 6.61 Å². The zero-order valence-corrected chi connectivity index (χ0v) is 12.0. The monoisotopic (exact) mass is 249 g/mol. The molecule has 0 aliphatic carbocycles. The Morgan fingerprint density at radius 1 is 1.06 bits per heavy atom. The van der Waals surface area contributed by atoms with Gasteiger partial charge in [0.15, 0.2) is 0 Å². The number of hydrogen-bond acceptors (Lipinski definition) is 2. The van der Waals surface area contributed by atoms with Crippen LogP contribution in [0.2, 0.25) is 0 Å². The normalized spacial score (nSPS) is 12.7. The van der Waals surface area contributed by atoms with Crippen LogP contribution in [0.4, 0.5) is 0 Å².